The van der Waals surface area contributed by atoms with E-state index in [1.807, 2.05) is 18.2 Å². The molecule has 0 bridgehead atoms. The van der Waals surface area contributed by atoms with Crippen molar-refractivity contribution < 1.29 is 44.3 Å². The van der Waals surface area contributed by atoms with E-state index in [2.05, 4.69) is 0 Å². The van der Waals surface area contributed by atoms with Crippen LogP contribution in [-0.2, 0) is 26.7 Å². The lowest BCUT2D eigenvalue weighted by molar-refractivity contribution is 0.141. The van der Waals surface area contributed by atoms with Crippen molar-refractivity contribution in [3.8, 4) is 5.75 Å². The molecular weight excluding hydrogens is 628 g/mol. The maximum Gasteiger partial charge on any atom is 0.365 e. The summed E-state index contributed by atoms with van der Waals surface area (Å²) in [4.78, 5) is 19.9. The molecule has 13 nitrogen and oxygen atoms in total. The molecule has 45 heavy (non-hydrogen) atoms. The maximum atomic E-state index is 12.8. The summed E-state index contributed by atoms with van der Waals surface area (Å²) in [6.45, 7) is 0.222. The summed E-state index contributed by atoms with van der Waals surface area (Å²) < 4.78 is 81.6. The van der Waals surface area contributed by atoms with Gasteiger partial charge in [0.1, 0.15) is 18.5 Å². The summed E-state index contributed by atoms with van der Waals surface area (Å²) in [6.07, 6.45) is 8.37. The fourth-order valence-electron chi connectivity index (χ4n) is 4.94. The number of rotatable bonds is 12. The smallest absolute Gasteiger partial charge is 0.365 e. The number of hydrogen-bond acceptors (Lipinski definition) is 10. The van der Waals surface area contributed by atoms with E-state index in [0.29, 0.717) is 35.1 Å². The van der Waals surface area contributed by atoms with Crippen molar-refractivity contribution in [3.63, 3.8) is 0 Å². The molecule has 5 rings (SSSR count). The van der Waals surface area contributed by atoms with E-state index >= 15 is 0 Å². The number of benzene rings is 2. The Balaban J connectivity index is 1.44. The van der Waals surface area contributed by atoms with Crippen molar-refractivity contribution in [2.24, 2.45) is 0 Å². The monoisotopic (exact) mass is 658 g/mol. The van der Waals surface area contributed by atoms with Gasteiger partial charge in [0.2, 0.25) is 11.4 Å². The second-order valence-corrected chi connectivity index (χ2v) is 13.1. The largest absolute Gasteiger partial charge is 0.456 e. The van der Waals surface area contributed by atoms with Crippen LogP contribution in [0.25, 0.3) is 29.2 Å². The molecule has 2 aromatic heterocycles. The highest BCUT2D eigenvalue weighted by Gasteiger charge is 2.25. The molecule has 0 spiro atoms. The molecular formula is C30H30N2O11S2. The lowest BCUT2D eigenvalue weighted by atomic mass is 10.1. The Kier molecular flexibility index (Phi) is 9.34. The number of allylic oxidation sites excluding steroid dienone is 2. The molecule has 1 aliphatic rings. The van der Waals surface area contributed by atoms with Crippen LogP contribution >= 0.6 is 0 Å². The second kappa shape index (κ2) is 13.2. The number of aryl methyl sites for hydroxylation is 1. The van der Waals surface area contributed by atoms with Crippen LogP contribution in [-0.4, -0.2) is 55.8 Å². The van der Waals surface area contributed by atoms with Crippen LogP contribution < -0.4 is 31.0 Å². The summed E-state index contributed by atoms with van der Waals surface area (Å²) >= 11 is 0. The first-order valence-corrected chi connectivity index (χ1v) is 17.0. The average molecular weight is 659 g/mol. The van der Waals surface area contributed by atoms with Gasteiger partial charge < -0.3 is 23.3 Å². The molecule has 2 N–H and O–H groups in total. The zero-order chi connectivity index (χ0) is 32.2. The molecule has 0 aliphatic carbocycles. The van der Waals surface area contributed by atoms with Crippen molar-refractivity contribution >= 4 is 55.1 Å². The van der Waals surface area contributed by atoms with Crippen LogP contribution in [0, 0.1) is 0 Å². The van der Waals surface area contributed by atoms with Gasteiger partial charge in [-0.15, -0.1) is 4.73 Å². The fraction of sp³-hybridized carbons (Fsp3) is 0.233. The van der Waals surface area contributed by atoms with Crippen molar-refractivity contribution in [2.75, 3.05) is 30.1 Å². The van der Waals surface area contributed by atoms with Gasteiger partial charge in [0.15, 0.2) is 11.1 Å². The predicted octanol–water partition coefficient (Wildman–Crippen LogP) is 2.36. The first-order valence-electron chi connectivity index (χ1n) is 13.8. The molecule has 0 atom stereocenters. The third-order valence-corrected chi connectivity index (χ3v) is 8.47. The van der Waals surface area contributed by atoms with E-state index < -0.39 is 31.6 Å². The number of hydrogen-bond donors (Lipinski definition) is 2. The standard InChI is InChI=1S/C30H30N2O11S2/c1-40-32-24(16-17-28-31(18-8-20-45(37,38)39)23-11-3-5-13-27(23)42-28)30(33)43-29(32)15-6-14-26-22(10-7-19-44(34,35)36)21-9-2-4-12-25(21)41-26/h2-6,9,11-17H,7-8,10,18-20H2,1H3,(H,34,35,36)(H,37,38,39)/b14-6+,24-16-,28-17-,29-15-. The van der Waals surface area contributed by atoms with Gasteiger partial charge in [-0.3, -0.25) is 9.11 Å². The topological polar surface area (TPSA) is 179 Å². The first-order chi connectivity index (χ1) is 21.4. The molecule has 238 valence electrons. The predicted molar refractivity (Wildman–Crippen MR) is 167 cm³/mol. The van der Waals surface area contributed by atoms with Crippen LogP contribution in [0.15, 0.2) is 80.2 Å². The van der Waals surface area contributed by atoms with Gasteiger partial charge in [0.05, 0.1) is 17.2 Å². The Bertz CT molecular complexity index is 2170. The third-order valence-electron chi connectivity index (χ3n) is 6.86. The summed E-state index contributed by atoms with van der Waals surface area (Å²) in [7, 11) is -6.88. The van der Waals surface area contributed by atoms with Crippen molar-refractivity contribution in [1.82, 2.24) is 4.73 Å². The number of anilines is 1. The highest BCUT2D eigenvalue weighted by molar-refractivity contribution is 7.86. The first kappa shape index (κ1) is 31.8. The number of aromatic nitrogens is 1. The zero-order valence-corrected chi connectivity index (χ0v) is 25.7. The van der Waals surface area contributed by atoms with Crippen molar-refractivity contribution in [3.05, 3.63) is 99.2 Å². The molecule has 3 heterocycles. The number of furan rings is 1. The number of fused-ring (bicyclic) bond motifs is 2. The van der Waals surface area contributed by atoms with Gasteiger partial charge in [-0.05, 0) is 49.6 Å². The lowest BCUT2D eigenvalue weighted by Gasteiger charge is -2.17. The molecule has 2 aromatic carbocycles. The molecule has 15 heteroatoms. The third kappa shape index (κ3) is 7.75. The van der Waals surface area contributed by atoms with Crippen LogP contribution in [0.4, 0.5) is 5.69 Å². The van der Waals surface area contributed by atoms with Gasteiger partial charge in [0.25, 0.3) is 20.2 Å². The van der Waals surface area contributed by atoms with Crippen molar-refractivity contribution in [1.29, 1.82) is 0 Å². The van der Waals surface area contributed by atoms with Gasteiger partial charge in [-0.2, -0.15) is 16.8 Å². The minimum absolute atomic E-state index is 0.0386. The Hall–Kier alpha value is -4.57. The molecule has 4 aromatic rings. The maximum absolute atomic E-state index is 12.8. The van der Waals surface area contributed by atoms with E-state index in [9.17, 15) is 21.6 Å². The Labute approximate surface area is 258 Å². The minimum Gasteiger partial charge on any atom is -0.456 e. The Morgan fingerprint density at radius 2 is 1.60 bits per heavy atom. The van der Waals surface area contributed by atoms with E-state index in [0.717, 1.165) is 10.9 Å². The SMILES string of the molecule is COn1/c(=C/C=C/c2oc3ccccc3c2CCCS(=O)(=O)O)oc(=O)/c1=C/C=C1\Oc2ccccc2N1CCCS(=O)(=O)O. The van der Waals surface area contributed by atoms with Crippen molar-refractivity contribution in [2.45, 2.75) is 19.3 Å². The Morgan fingerprint density at radius 3 is 2.36 bits per heavy atom. The summed E-state index contributed by atoms with van der Waals surface area (Å²) in [5.74, 6) is 0.533. The van der Waals surface area contributed by atoms with Crippen LogP contribution in [0.5, 0.6) is 5.75 Å². The highest BCUT2D eigenvalue weighted by Crippen LogP contribution is 2.38. The van der Waals surface area contributed by atoms with Crippen LogP contribution in [0.2, 0.25) is 0 Å². The molecule has 0 saturated carbocycles. The van der Waals surface area contributed by atoms with Gasteiger partial charge in [0, 0.05) is 29.6 Å². The van der Waals surface area contributed by atoms with Gasteiger partial charge >= 0.3 is 5.63 Å². The Morgan fingerprint density at radius 1 is 0.889 bits per heavy atom. The number of oxazole rings is 1. The zero-order valence-electron chi connectivity index (χ0n) is 24.0. The average Bonchev–Trinajstić information content (AvgIpc) is 3.61. The minimum atomic E-state index is -4.14. The number of ether oxygens (including phenoxy) is 1. The van der Waals surface area contributed by atoms with E-state index in [-0.39, 0.29) is 36.0 Å². The van der Waals surface area contributed by atoms with Crippen LogP contribution in [0.3, 0.4) is 0 Å². The summed E-state index contributed by atoms with van der Waals surface area (Å²) in [5.41, 5.74) is 1.44. The normalized spacial score (nSPS) is 15.4. The number of nitrogens with zero attached hydrogens (tertiary/aromatic N) is 2. The highest BCUT2D eigenvalue weighted by atomic mass is 32.2. The van der Waals surface area contributed by atoms with Gasteiger partial charge in [-0.25, -0.2) is 4.79 Å². The second-order valence-electron chi connectivity index (χ2n) is 9.98. The molecule has 0 saturated heterocycles. The van der Waals surface area contributed by atoms with E-state index in [1.54, 1.807) is 47.4 Å². The summed E-state index contributed by atoms with van der Waals surface area (Å²) in [5, 5.41) is 0.851. The molecule has 0 unspecified atom stereocenters. The van der Waals surface area contributed by atoms with E-state index in [4.69, 9.17) is 27.5 Å². The van der Waals surface area contributed by atoms with Gasteiger partial charge in [-0.1, -0.05) is 36.4 Å². The molecule has 0 fully saturated rings. The lowest BCUT2D eigenvalue weighted by Crippen LogP contribution is -2.35. The molecule has 0 radical (unpaired) electrons. The van der Waals surface area contributed by atoms with E-state index in [1.165, 1.54) is 30.1 Å². The molecule has 1 aliphatic heterocycles. The quantitative estimate of drug-likeness (QED) is 0.213. The van der Waals surface area contributed by atoms with Crippen LogP contribution in [0.1, 0.15) is 24.2 Å². The number of para-hydroxylation sites is 3. The molecule has 0 amide bonds. The fourth-order valence-corrected chi connectivity index (χ4v) is 5.94. The summed E-state index contributed by atoms with van der Waals surface area (Å²) in [6, 6.07) is 14.4.